The molecule has 0 bridgehead atoms. The topological polar surface area (TPSA) is 70.7 Å². The Morgan fingerprint density at radius 1 is 1.07 bits per heavy atom. The SMILES string of the molecule is COc1ccc(C(=O)Nc2ccccc2C(=O)NCCN2CCCCC2C)cc1. The van der Waals surface area contributed by atoms with E-state index in [4.69, 9.17) is 4.74 Å². The molecule has 2 aromatic rings. The highest BCUT2D eigenvalue weighted by Gasteiger charge is 2.18. The van der Waals surface area contributed by atoms with Crippen LogP contribution in [0.5, 0.6) is 5.75 Å². The molecule has 1 saturated heterocycles. The van der Waals surface area contributed by atoms with Crippen molar-refractivity contribution in [1.82, 2.24) is 10.2 Å². The second-order valence-electron chi connectivity index (χ2n) is 7.36. The van der Waals surface area contributed by atoms with Gasteiger partial charge in [0, 0.05) is 24.7 Å². The molecule has 29 heavy (non-hydrogen) atoms. The number of nitrogens with zero attached hydrogens (tertiary/aromatic N) is 1. The van der Waals surface area contributed by atoms with Crippen LogP contribution in [0.1, 0.15) is 46.9 Å². The van der Waals surface area contributed by atoms with E-state index in [2.05, 4.69) is 22.5 Å². The van der Waals surface area contributed by atoms with Gasteiger partial charge in [-0.25, -0.2) is 0 Å². The van der Waals surface area contributed by atoms with Crippen LogP contribution in [0.25, 0.3) is 0 Å². The predicted octanol–water partition coefficient (Wildman–Crippen LogP) is 3.55. The maximum atomic E-state index is 12.7. The number of carbonyl (C=O) groups excluding carboxylic acids is 2. The standard InChI is InChI=1S/C23H29N3O3/c1-17-7-5-6-15-26(17)16-14-24-23(28)20-8-3-4-9-21(20)25-22(27)18-10-12-19(29-2)13-11-18/h3-4,8-13,17H,5-7,14-16H2,1-2H3,(H,24,28)(H,25,27). The number of amides is 2. The molecule has 6 nitrogen and oxygen atoms in total. The molecule has 0 spiro atoms. The fourth-order valence-electron chi connectivity index (χ4n) is 3.63. The zero-order valence-electron chi connectivity index (χ0n) is 17.1. The Bertz CT molecular complexity index is 836. The predicted molar refractivity (Wildman–Crippen MR) is 115 cm³/mol. The second-order valence-corrected chi connectivity index (χ2v) is 7.36. The Morgan fingerprint density at radius 2 is 1.83 bits per heavy atom. The number of methoxy groups -OCH3 is 1. The van der Waals surface area contributed by atoms with Crippen LogP contribution in [0.4, 0.5) is 5.69 Å². The number of likely N-dealkylation sites (tertiary alicyclic amines) is 1. The van der Waals surface area contributed by atoms with Gasteiger partial charge < -0.3 is 15.4 Å². The summed E-state index contributed by atoms with van der Waals surface area (Å²) in [6, 6.07) is 14.5. The highest BCUT2D eigenvalue weighted by molar-refractivity contribution is 6.09. The lowest BCUT2D eigenvalue weighted by atomic mass is 10.0. The molecule has 2 N–H and O–H groups in total. The number of carbonyl (C=O) groups is 2. The molecule has 1 fully saturated rings. The molecule has 0 aliphatic carbocycles. The normalized spacial score (nSPS) is 16.8. The Labute approximate surface area is 172 Å². The van der Waals surface area contributed by atoms with Crippen LogP contribution in [-0.2, 0) is 0 Å². The molecule has 0 aromatic heterocycles. The van der Waals surface area contributed by atoms with Gasteiger partial charge in [0.2, 0.25) is 0 Å². The van der Waals surface area contributed by atoms with Crippen molar-refractivity contribution in [2.24, 2.45) is 0 Å². The molecule has 2 amide bonds. The maximum Gasteiger partial charge on any atom is 0.255 e. The van der Waals surface area contributed by atoms with Gasteiger partial charge in [-0.15, -0.1) is 0 Å². The molecule has 0 saturated carbocycles. The summed E-state index contributed by atoms with van der Waals surface area (Å²) in [6.07, 6.45) is 3.72. The zero-order valence-corrected chi connectivity index (χ0v) is 17.1. The third-order valence-electron chi connectivity index (χ3n) is 5.40. The average molecular weight is 396 g/mol. The largest absolute Gasteiger partial charge is 0.497 e. The van der Waals surface area contributed by atoms with E-state index >= 15 is 0 Å². The summed E-state index contributed by atoms with van der Waals surface area (Å²) in [4.78, 5) is 27.7. The van der Waals surface area contributed by atoms with E-state index in [9.17, 15) is 9.59 Å². The molecule has 2 aromatic carbocycles. The van der Waals surface area contributed by atoms with Crippen LogP contribution < -0.4 is 15.4 Å². The minimum atomic E-state index is -0.268. The summed E-state index contributed by atoms with van der Waals surface area (Å²) in [5.74, 6) is 0.236. The number of para-hydroxylation sites is 1. The van der Waals surface area contributed by atoms with Crippen LogP contribution in [0.3, 0.4) is 0 Å². The van der Waals surface area contributed by atoms with Gasteiger partial charge in [-0.05, 0) is 62.7 Å². The first-order valence-corrected chi connectivity index (χ1v) is 10.1. The number of hydrogen-bond acceptors (Lipinski definition) is 4. The maximum absolute atomic E-state index is 12.7. The fourth-order valence-corrected chi connectivity index (χ4v) is 3.63. The van der Waals surface area contributed by atoms with Crippen molar-refractivity contribution in [2.45, 2.75) is 32.2 Å². The van der Waals surface area contributed by atoms with Gasteiger partial charge in [-0.2, -0.15) is 0 Å². The van der Waals surface area contributed by atoms with E-state index in [1.54, 1.807) is 55.6 Å². The Morgan fingerprint density at radius 3 is 2.55 bits per heavy atom. The van der Waals surface area contributed by atoms with E-state index in [-0.39, 0.29) is 11.8 Å². The summed E-state index contributed by atoms with van der Waals surface area (Å²) in [5, 5.41) is 5.83. The number of rotatable bonds is 7. The molecular formula is C23H29N3O3. The van der Waals surface area contributed by atoms with Crippen LogP contribution in [-0.4, -0.2) is 49.5 Å². The molecule has 0 radical (unpaired) electrons. The van der Waals surface area contributed by atoms with Crippen molar-refractivity contribution in [3.8, 4) is 5.75 Å². The van der Waals surface area contributed by atoms with Crippen molar-refractivity contribution >= 4 is 17.5 Å². The fraction of sp³-hybridized carbons (Fsp3) is 0.391. The number of benzene rings is 2. The quantitative estimate of drug-likeness (QED) is 0.752. The van der Waals surface area contributed by atoms with E-state index < -0.39 is 0 Å². The van der Waals surface area contributed by atoms with Crippen molar-refractivity contribution in [2.75, 3.05) is 32.1 Å². The lowest BCUT2D eigenvalue weighted by Gasteiger charge is -2.33. The van der Waals surface area contributed by atoms with Gasteiger partial charge in [-0.3, -0.25) is 14.5 Å². The highest BCUT2D eigenvalue weighted by atomic mass is 16.5. The van der Waals surface area contributed by atoms with Gasteiger partial charge in [0.1, 0.15) is 5.75 Å². The summed E-state index contributed by atoms with van der Waals surface area (Å²) >= 11 is 0. The highest BCUT2D eigenvalue weighted by Crippen LogP contribution is 2.18. The van der Waals surface area contributed by atoms with Crippen molar-refractivity contribution < 1.29 is 14.3 Å². The first-order valence-electron chi connectivity index (χ1n) is 10.1. The molecule has 1 heterocycles. The molecule has 6 heteroatoms. The molecule has 1 atom stereocenters. The molecule has 1 aliphatic heterocycles. The summed E-state index contributed by atoms with van der Waals surface area (Å²) < 4.78 is 5.12. The Hall–Kier alpha value is -2.86. The van der Waals surface area contributed by atoms with Gasteiger partial charge in [0.05, 0.1) is 18.4 Å². The van der Waals surface area contributed by atoms with Gasteiger partial charge >= 0.3 is 0 Å². The third kappa shape index (κ3) is 5.57. The number of anilines is 1. The van der Waals surface area contributed by atoms with E-state index in [0.29, 0.717) is 35.2 Å². The van der Waals surface area contributed by atoms with Crippen molar-refractivity contribution in [1.29, 1.82) is 0 Å². The van der Waals surface area contributed by atoms with E-state index in [1.165, 1.54) is 19.3 Å². The summed E-state index contributed by atoms with van der Waals surface area (Å²) in [6.45, 7) is 4.76. The molecular weight excluding hydrogens is 366 g/mol. The molecule has 3 rings (SSSR count). The van der Waals surface area contributed by atoms with Crippen molar-refractivity contribution in [3.63, 3.8) is 0 Å². The van der Waals surface area contributed by atoms with Gasteiger partial charge in [0.25, 0.3) is 11.8 Å². The summed E-state index contributed by atoms with van der Waals surface area (Å²) in [5.41, 5.74) is 1.46. The Kier molecular flexibility index (Phi) is 7.25. The van der Waals surface area contributed by atoms with Crippen LogP contribution in [0, 0.1) is 0 Å². The lowest BCUT2D eigenvalue weighted by Crippen LogP contribution is -2.42. The molecule has 154 valence electrons. The van der Waals surface area contributed by atoms with Gasteiger partial charge in [-0.1, -0.05) is 18.6 Å². The van der Waals surface area contributed by atoms with Crippen LogP contribution in [0.2, 0.25) is 0 Å². The monoisotopic (exact) mass is 395 g/mol. The smallest absolute Gasteiger partial charge is 0.255 e. The third-order valence-corrected chi connectivity index (χ3v) is 5.40. The van der Waals surface area contributed by atoms with Crippen LogP contribution in [0.15, 0.2) is 48.5 Å². The van der Waals surface area contributed by atoms with E-state index in [1.807, 2.05) is 0 Å². The molecule has 1 aliphatic rings. The number of ether oxygens (including phenoxy) is 1. The van der Waals surface area contributed by atoms with Crippen LogP contribution >= 0.6 is 0 Å². The number of nitrogens with one attached hydrogen (secondary N) is 2. The Balaban J connectivity index is 1.60. The number of piperidine rings is 1. The zero-order chi connectivity index (χ0) is 20.6. The van der Waals surface area contributed by atoms with Crippen molar-refractivity contribution in [3.05, 3.63) is 59.7 Å². The first-order chi connectivity index (χ1) is 14.1. The second kappa shape index (κ2) is 10.1. The molecule has 1 unspecified atom stereocenters. The number of hydrogen-bond donors (Lipinski definition) is 2. The minimum Gasteiger partial charge on any atom is -0.497 e. The summed E-state index contributed by atoms with van der Waals surface area (Å²) in [7, 11) is 1.58. The lowest BCUT2D eigenvalue weighted by molar-refractivity contribution is 0.0939. The van der Waals surface area contributed by atoms with Gasteiger partial charge in [0.15, 0.2) is 0 Å². The first kappa shape index (κ1) is 20.9. The average Bonchev–Trinajstić information content (AvgIpc) is 2.75. The van der Waals surface area contributed by atoms with E-state index in [0.717, 1.165) is 13.1 Å². The minimum absolute atomic E-state index is 0.180.